The van der Waals surface area contributed by atoms with Crippen LogP contribution in [-0.2, 0) is 16.1 Å². The molecule has 0 amide bonds. The number of hydrogen-bond acceptors (Lipinski definition) is 6. The Bertz CT molecular complexity index is 1150. The lowest BCUT2D eigenvalue weighted by Crippen LogP contribution is -2.25. The number of pyridine rings is 1. The molecule has 0 saturated carbocycles. The fourth-order valence-corrected chi connectivity index (χ4v) is 4.22. The Labute approximate surface area is 200 Å². The molecule has 0 bridgehead atoms. The third kappa shape index (κ3) is 5.46. The van der Waals surface area contributed by atoms with Crippen molar-refractivity contribution in [3.8, 4) is 22.8 Å². The van der Waals surface area contributed by atoms with Crippen molar-refractivity contribution < 1.29 is 23.7 Å². The van der Waals surface area contributed by atoms with Gasteiger partial charge in [-0.3, -0.25) is 4.79 Å². The van der Waals surface area contributed by atoms with E-state index in [9.17, 15) is 4.79 Å². The fraction of sp³-hybridized carbons (Fsp3) is 0.357. The minimum absolute atomic E-state index is 0.106. The van der Waals surface area contributed by atoms with E-state index in [2.05, 4.69) is 26.0 Å². The number of nitrogens with zero attached hydrogens (tertiary/aromatic N) is 1. The molecule has 3 aromatic rings. The third-order valence-electron chi connectivity index (χ3n) is 5.98. The maximum Gasteiger partial charge on any atom is 0.213 e. The molecule has 1 aromatic heterocycles. The molecule has 0 radical (unpaired) electrons. The Balaban J connectivity index is 1.49. The number of aryl methyl sites for hydroxylation is 2. The molecule has 2 heterocycles. The number of aldehydes is 1. The Kier molecular flexibility index (Phi) is 7.00. The molecule has 4 rings (SSSR count). The maximum atomic E-state index is 10.8. The Morgan fingerprint density at radius 1 is 1.09 bits per heavy atom. The van der Waals surface area contributed by atoms with Gasteiger partial charge < -0.3 is 18.9 Å². The van der Waals surface area contributed by atoms with Crippen molar-refractivity contribution in [2.24, 2.45) is 0 Å². The van der Waals surface area contributed by atoms with Gasteiger partial charge >= 0.3 is 0 Å². The van der Waals surface area contributed by atoms with Crippen molar-refractivity contribution in [1.29, 1.82) is 0 Å². The summed E-state index contributed by atoms with van der Waals surface area (Å²) in [5, 5.41) is 0. The SMILES string of the molecule is Cc1cc(OC[C@H]2COC(C)(C)O2)nc(C)c1-c1cccc(COc2ccc(C=O)cc2)c1C. The van der Waals surface area contributed by atoms with E-state index in [1.54, 1.807) is 12.1 Å². The van der Waals surface area contributed by atoms with Gasteiger partial charge in [-0.15, -0.1) is 0 Å². The van der Waals surface area contributed by atoms with Crippen LogP contribution in [0.1, 0.15) is 46.6 Å². The first kappa shape index (κ1) is 23.9. The molecule has 6 nitrogen and oxygen atoms in total. The first-order valence-corrected chi connectivity index (χ1v) is 11.5. The van der Waals surface area contributed by atoms with Crippen LogP contribution in [0.15, 0.2) is 48.5 Å². The van der Waals surface area contributed by atoms with Crippen LogP contribution in [-0.4, -0.2) is 36.4 Å². The largest absolute Gasteiger partial charge is 0.489 e. The maximum absolute atomic E-state index is 10.8. The molecule has 2 aromatic carbocycles. The lowest BCUT2D eigenvalue weighted by Gasteiger charge is -2.18. The van der Waals surface area contributed by atoms with E-state index < -0.39 is 5.79 Å². The highest BCUT2D eigenvalue weighted by Gasteiger charge is 2.33. The summed E-state index contributed by atoms with van der Waals surface area (Å²) in [5.74, 6) is 0.747. The minimum atomic E-state index is -0.567. The van der Waals surface area contributed by atoms with Gasteiger partial charge in [0.05, 0.1) is 6.61 Å². The van der Waals surface area contributed by atoms with E-state index in [-0.39, 0.29) is 6.10 Å². The number of ether oxygens (including phenoxy) is 4. The summed E-state index contributed by atoms with van der Waals surface area (Å²) in [4.78, 5) is 15.6. The Morgan fingerprint density at radius 2 is 1.85 bits per heavy atom. The van der Waals surface area contributed by atoms with Gasteiger partial charge in [0, 0.05) is 22.9 Å². The average Bonchev–Trinajstić information content (AvgIpc) is 3.16. The van der Waals surface area contributed by atoms with Crippen molar-refractivity contribution >= 4 is 6.29 Å². The number of hydrogen-bond donors (Lipinski definition) is 0. The van der Waals surface area contributed by atoms with Crippen molar-refractivity contribution in [3.05, 3.63) is 76.5 Å². The van der Waals surface area contributed by atoms with Crippen molar-refractivity contribution in [3.63, 3.8) is 0 Å². The molecule has 6 heteroatoms. The average molecular weight is 462 g/mol. The molecular formula is C28H31NO5. The first-order chi connectivity index (χ1) is 16.3. The fourth-order valence-electron chi connectivity index (χ4n) is 4.22. The van der Waals surface area contributed by atoms with Crippen LogP contribution < -0.4 is 9.47 Å². The van der Waals surface area contributed by atoms with E-state index in [1.165, 1.54) is 0 Å². The molecule has 34 heavy (non-hydrogen) atoms. The van der Waals surface area contributed by atoms with Crippen LogP contribution in [0.5, 0.6) is 11.6 Å². The zero-order chi connectivity index (χ0) is 24.3. The summed E-state index contributed by atoms with van der Waals surface area (Å²) in [6.07, 6.45) is 0.718. The predicted octanol–water partition coefficient (Wildman–Crippen LogP) is 5.60. The van der Waals surface area contributed by atoms with Crippen molar-refractivity contribution in [2.75, 3.05) is 13.2 Å². The molecule has 0 unspecified atom stereocenters. The molecular weight excluding hydrogens is 430 g/mol. The van der Waals surface area contributed by atoms with Gasteiger partial charge in [0.15, 0.2) is 5.79 Å². The van der Waals surface area contributed by atoms with Crippen molar-refractivity contribution in [2.45, 2.75) is 53.1 Å². The van der Waals surface area contributed by atoms with Crippen LogP contribution in [0, 0.1) is 20.8 Å². The summed E-state index contributed by atoms with van der Waals surface area (Å²) in [7, 11) is 0. The second kappa shape index (κ2) is 9.95. The Morgan fingerprint density at radius 3 is 2.50 bits per heavy atom. The highest BCUT2D eigenvalue weighted by Crippen LogP contribution is 2.33. The van der Waals surface area contributed by atoms with E-state index in [0.717, 1.165) is 45.5 Å². The van der Waals surface area contributed by atoms with Crippen LogP contribution in [0.3, 0.4) is 0 Å². The number of carbonyl (C=O) groups is 1. The monoisotopic (exact) mass is 461 g/mol. The van der Waals surface area contributed by atoms with Gasteiger partial charge in [-0.1, -0.05) is 18.2 Å². The molecule has 178 valence electrons. The third-order valence-corrected chi connectivity index (χ3v) is 5.98. The van der Waals surface area contributed by atoms with Gasteiger partial charge in [-0.25, -0.2) is 4.98 Å². The second-order valence-electron chi connectivity index (χ2n) is 9.06. The topological polar surface area (TPSA) is 66.9 Å². The lowest BCUT2D eigenvalue weighted by molar-refractivity contribution is -0.141. The molecule has 1 fully saturated rings. The van der Waals surface area contributed by atoms with Crippen LogP contribution >= 0.6 is 0 Å². The standard InChI is InChI=1S/C28H31NO5/c1-18-13-26(32-16-24-17-33-28(4,5)34-24)29-20(3)27(18)25-8-6-7-22(19(25)2)15-31-23-11-9-21(14-30)10-12-23/h6-14,24H,15-17H2,1-5H3/t24-/m0/s1. The molecule has 0 N–H and O–H groups in total. The summed E-state index contributed by atoms with van der Waals surface area (Å²) in [5.41, 5.74) is 7.10. The molecule has 0 aliphatic carbocycles. The molecule has 1 aliphatic rings. The van der Waals surface area contributed by atoms with Gasteiger partial charge in [0.25, 0.3) is 0 Å². The molecule has 1 aliphatic heterocycles. The van der Waals surface area contributed by atoms with E-state index in [1.807, 2.05) is 45.0 Å². The lowest BCUT2D eigenvalue weighted by atomic mass is 9.93. The highest BCUT2D eigenvalue weighted by atomic mass is 16.7. The number of aromatic nitrogens is 1. The number of rotatable bonds is 8. The summed E-state index contributed by atoms with van der Waals surface area (Å²) >= 11 is 0. The van der Waals surface area contributed by atoms with Crippen LogP contribution in [0.2, 0.25) is 0 Å². The predicted molar refractivity (Wildman–Crippen MR) is 130 cm³/mol. The zero-order valence-corrected chi connectivity index (χ0v) is 20.4. The van der Waals surface area contributed by atoms with Crippen molar-refractivity contribution in [1.82, 2.24) is 4.98 Å². The minimum Gasteiger partial charge on any atom is -0.489 e. The van der Waals surface area contributed by atoms with Crippen LogP contribution in [0.25, 0.3) is 11.1 Å². The quantitative estimate of drug-likeness (QED) is 0.407. The van der Waals surface area contributed by atoms with E-state index in [0.29, 0.717) is 31.3 Å². The second-order valence-corrected chi connectivity index (χ2v) is 9.06. The van der Waals surface area contributed by atoms with Gasteiger partial charge in [0.2, 0.25) is 5.88 Å². The summed E-state index contributed by atoms with van der Waals surface area (Å²) in [6.45, 7) is 11.3. The van der Waals surface area contributed by atoms with Gasteiger partial charge in [-0.05, 0) is 81.1 Å². The Hall–Kier alpha value is -3.22. The number of carbonyl (C=O) groups excluding carboxylic acids is 1. The number of benzene rings is 2. The zero-order valence-electron chi connectivity index (χ0n) is 20.4. The van der Waals surface area contributed by atoms with E-state index >= 15 is 0 Å². The summed E-state index contributed by atoms with van der Waals surface area (Å²) in [6, 6.07) is 15.3. The molecule has 1 atom stereocenters. The first-order valence-electron chi connectivity index (χ1n) is 11.5. The summed E-state index contributed by atoms with van der Waals surface area (Å²) < 4.78 is 23.3. The highest BCUT2D eigenvalue weighted by molar-refractivity contribution is 5.75. The normalized spacial score (nSPS) is 16.9. The molecule has 1 saturated heterocycles. The smallest absolute Gasteiger partial charge is 0.213 e. The van der Waals surface area contributed by atoms with Gasteiger partial charge in [0.1, 0.15) is 31.4 Å². The van der Waals surface area contributed by atoms with Crippen LogP contribution in [0.4, 0.5) is 0 Å². The van der Waals surface area contributed by atoms with E-state index in [4.69, 9.17) is 23.9 Å². The van der Waals surface area contributed by atoms with Gasteiger partial charge in [-0.2, -0.15) is 0 Å². The molecule has 0 spiro atoms.